The van der Waals surface area contributed by atoms with Crippen molar-refractivity contribution in [2.45, 2.75) is 0 Å². The molecule has 19 heavy (non-hydrogen) atoms. The van der Waals surface area contributed by atoms with Crippen molar-refractivity contribution in [1.29, 1.82) is 0 Å². The van der Waals surface area contributed by atoms with Gasteiger partial charge in [0.15, 0.2) is 11.5 Å². The number of ether oxygens (including phenoxy) is 1. The van der Waals surface area contributed by atoms with Crippen LogP contribution in [0.3, 0.4) is 0 Å². The molecule has 102 valence electrons. The van der Waals surface area contributed by atoms with Crippen molar-refractivity contribution < 1.29 is 14.5 Å². The van der Waals surface area contributed by atoms with Crippen LogP contribution in [-0.4, -0.2) is 23.0 Å². The summed E-state index contributed by atoms with van der Waals surface area (Å²) in [5.74, 6) is 4.74. The highest BCUT2D eigenvalue weighted by Crippen LogP contribution is 2.27. The van der Waals surface area contributed by atoms with Gasteiger partial charge in [-0.25, -0.2) is 15.6 Å². The fraction of sp³-hybridized carbons (Fsp3) is 0.111. The number of anilines is 1. The minimum atomic E-state index is -0.804. The first-order valence-corrected chi connectivity index (χ1v) is 5.15. The first kappa shape index (κ1) is 14.7. The van der Waals surface area contributed by atoms with Crippen LogP contribution in [-0.2, 0) is 9.53 Å². The molecule has 0 fully saturated rings. The maximum atomic E-state index is 11.4. The van der Waals surface area contributed by atoms with Crippen molar-refractivity contribution in [2.24, 2.45) is 11.6 Å². The fourth-order valence-electron chi connectivity index (χ4n) is 1.16. The molecular weight excluding hydrogens is 278 g/mol. The number of esters is 1. The lowest BCUT2D eigenvalue weighted by molar-refractivity contribution is -0.385. The summed E-state index contributed by atoms with van der Waals surface area (Å²) in [5.41, 5.74) is 4.73. The van der Waals surface area contributed by atoms with Crippen LogP contribution in [0.25, 0.3) is 0 Å². The Hall–Kier alpha value is -2.39. The molecule has 0 radical (unpaired) electrons. The number of nitrogens with zero attached hydrogens (tertiary/aromatic N) is 3. The zero-order valence-electron chi connectivity index (χ0n) is 9.74. The average Bonchev–Trinajstić information content (AvgIpc) is 2.38. The van der Waals surface area contributed by atoms with Crippen molar-refractivity contribution >= 4 is 29.1 Å². The van der Waals surface area contributed by atoms with Crippen LogP contribution in [0.1, 0.15) is 0 Å². The quantitative estimate of drug-likeness (QED) is 0.265. The summed E-state index contributed by atoms with van der Waals surface area (Å²) in [5, 5.41) is 11.2. The van der Waals surface area contributed by atoms with Gasteiger partial charge in [0.25, 0.3) is 5.69 Å². The number of hydrazine groups is 1. The standard InChI is InChI=1S/C9H10ClN5O4/c1-19-9(16)7(3-11)14(12)8-6(10)2-5(4-13-8)15(17)18/h2-4H,11-12H2,1H3/b7-3-. The van der Waals surface area contributed by atoms with Crippen molar-refractivity contribution in [3.63, 3.8) is 0 Å². The molecule has 9 nitrogen and oxygen atoms in total. The molecule has 0 saturated heterocycles. The fourth-order valence-corrected chi connectivity index (χ4v) is 1.41. The van der Waals surface area contributed by atoms with E-state index in [1.807, 2.05) is 0 Å². The van der Waals surface area contributed by atoms with Crippen LogP contribution >= 0.6 is 11.6 Å². The van der Waals surface area contributed by atoms with Gasteiger partial charge in [-0.3, -0.25) is 15.1 Å². The highest BCUT2D eigenvalue weighted by Gasteiger charge is 2.21. The van der Waals surface area contributed by atoms with Crippen LogP contribution in [0.5, 0.6) is 0 Å². The molecule has 10 heteroatoms. The first-order valence-electron chi connectivity index (χ1n) is 4.77. The molecule has 1 aromatic heterocycles. The number of hydrogen-bond acceptors (Lipinski definition) is 8. The first-order chi connectivity index (χ1) is 8.92. The second-order valence-corrected chi connectivity index (χ2v) is 3.58. The Labute approximate surface area is 112 Å². The number of nitro groups is 1. The number of hydrogen-bond donors (Lipinski definition) is 2. The maximum absolute atomic E-state index is 11.4. The van der Waals surface area contributed by atoms with Gasteiger partial charge in [-0.2, -0.15) is 0 Å². The summed E-state index contributed by atoms with van der Waals surface area (Å²) in [4.78, 5) is 25.0. The van der Waals surface area contributed by atoms with E-state index in [0.29, 0.717) is 0 Å². The van der Waals surface area contributed by atoms with Gasteiger partial charge in [-0.1, -0.05) is 11.6 Å². The lowest BCUT2D eigenvalue weighted by Gasteiger charge is -2.19. The third-order valence-electron chi connectivity index (χ3n) is 2.06. The molecule has 0 unspecified atom stereocenters. The number of carbonyl (C=O) groups excluding carboxylic acids is 1. The van der Waals surface area contributed by atoms with E-state index < -0.39 is 10.9 Å². The zero-order chi connectivity index (χ0) is 14.6. The second-order valence-electron chi connectivity index (χ2n) is 3.17. The van der Waals surface area contributed by atoms with E-state index in [9.17, 15) is 14.9 Å². The van der Waals surface area contributed by atoms with Crippen LogP contribution in [0.15, 0.2) is 24.2 Å². The molecule has 0 aliphatic carbocycles. The normalized spacial score (nSPS) is 11.0. The predicted octanol–water partition coefficient (Wildman–Crippen LogP) is 0.296. The van der Waals surface area contributed by atoms with Gasteiger partial charge in [0.1, 0.15) is 6.20 Å². The summed E-state index contributed by atoms with van der Waals surface area (Å²) in [7, 11) is 1.14. The van der Waals surface area contributed by atoms with Crippen molar-refractivity contribution in [3.05, 3.63) is 39.3 Å². The van der Waals surface area contributed by atoms with Gasteiger partial charge in [-0.15, -0.1) is 0 Å². The van der Waals surface area contributed by atoms with E-state index in [-0.39, 0.29) is 22.2 Å². The molecule has 0 aliphatic heterocycles. The van der Waals surface area contributed by atoms with Crippen molar-refractivity contribution in [2.75, 3.05) is 12.1 Å². The molecule has 1 aromatic rings. The Morgan fingerprint density at radius 2 is 2.32 bits per heavy atom. The van der Waals surface area contributed by atoms with Gasteiger partial charge in [0.05, 0.1) is 17.1 Å². The zero-order valence-corrected chi connectivity index (χ0v) is 10.5. The SMILES string of the molecule is COC(=O)/C(=C/N)N(N)c1ncc([N+](=O)[O-])cc1Cl. The number of pyridine rings is 1. The lowest BCUT2D eigenvalue weighted by Crippen LogP contribution is -2.36. The van der Waals surface area contributed by atoms with E-state index in [4.69, 9.17) is 23.2 Å². The molecule has 0 amide bonds. The molecule has 0 bridgehead atoms. The van der Waals surface area contributed by atoms with Crippen LogP contribution in [0.4, 0.5) is 11.5 Å². The second kappa shape index (κ2) is 5.98. The summed E-state index contributed by atoms with van der Waals surface area (Å²) in [6, 6.07) is 1.05. The molecule has 0 saturated carbocycles. The summed E-state index contributed by atoms with van der Waals surface area (Å²) < 4.78 is 4.46. The summed E-state index contributed by atoms with van der Waals surface area (Å²) >= 11 is 5.81. The number of methoxy groups -OCH3 is 1. The van der Waals surface area contributed by atoms with E-state index in [2.05, 4.69) is 9.72 Å². The Balaban J connectivity index is 3.16. The van der Waals surface area contributed by atoms with Gasteiger partial charge in [0.2, 0.25) is 0 Å². The molecule has 1 rings (SSSR count). The molecule has 0 atom stereocenters. The van der Waals surface area contributed by atoms with Crippen LogP contribution in [0, 0.1) is 10.1 Å². The predicted molar refractivity (Wildman–Crippen MR) is 66.9 cm³/mol. The number of aromatic nitrogens is 1. The highest BCUT2D eigenvalue weighted by molar-refractivity contribution is 6.33. The number of halogens is 1. The van der Waals surface area contributed by atoms with Gasteiger partial charge < -0.3 is 10.5 Å². The van der Waals surface area contributed by atoms with Crippen LogP contribution in [0.2, 0.25) is 5.02 Å². The molecule has 0 spiro atoms. The monoisotopic (exact) mass is 287 g/mol. The van der Waals surface area contributed by atoms with Crippen molar-refractivity contribution in [1.82, 2.24) is 4.98 Å². The van der Waals surface area contributed by atoms with Gasteiger partial charge in [-0.05, 0) is 0 Å². The molecule has 0 aromatic carbocycles. The largest absolute Gasteiger partial charge is 0.464 e. The minimum absolute atomic E-state index is 0.0747. The molecule has 1 heterocycles. The topological polar surface area (TPSA) is 138 Å². The van der Waals surface area contributed by atoms with Crippen LogP contribution < -0.4 is 16.6 Å². The van der Waals surface area contributed by atoms with Gasteiger partial charge in [0, 0.05) is 12.3 Å². The van der Waals surface area contributed by atoms with E-state index in [1.54, 1.807) is 0 Å². The summed E-state index contributed by atoms with van der Waals surface area (Å²) in [6.45, 7) is 0. The Morgan fingerprint density at radius 1 is 1.68 bits per heavy atom. The third kappa shape index (κ3) is 3.09. The van der Waals surface area contributed by atoms with E-state index >= 15 is 0 Å². The van der Waals surface area contributed by atoms with E-state index in [1.165, 1.54) is 0 Å². The Kier molecular flexibility index (Phi) is 4.62. The van der Waals surface area contributed by atoms with Crippen molar-refractivity contribution in [3.8, 4) is 0 Å². The Bertz CT molecular complexity index is 547. The van der Waals surface area contributed by atoms with E-state index in [0.717, 1.165) is 30.6 Å². The average molecular weight is 288 g/mol. The molecule has 0 aliphatic rings. The number of carbonyl (C=O) groups is 1. The minimum Gasteiger partial charge on any atom is -0.464 e. The Morgan fingerprint density at radius 3 is 2.74 bits per heavy atom. The highest BCUT2D eigenvalue weighted by atomic mass is 35.5. The molecule has 4 N–H and O–H groups in total. The smallest absolute Gasteiger partial charge is 0.357 e. The van der Waals surface area contributed by atoms with Gasteiger partial charge >= 0.3 is 5.97 Å². The molecular formula is C9H10ClN5O4. The maximum Gasteiger partial charge on any atom is 0.357 e. The number of nitrogens with two attached hydrogens (primary N) is 2. The lowest BCUT2D eigenvalue weighted by atomic mass is 10.3. The number of rotatable bonds is 4. The third-order valence-corrected chi connectivity index (χ3v) is 2.34. The summed E-state index contributed by atoms with van der Waals surface area (Å²) in [6.07, 6.45) is 1.86.